The lowest BCUT2D eigenvalue weighted by Crippen LogP contribution is -2.43. The third kappa shape index (κ3) is 22.5. The predicted octanol–water partition coefficient (Wildman–Crippen LogP) is 6.56. The van der Waals surface area contributed by atoms with Crippen LogP contribution in [-0.2, 0) is 23.8 Å². The van der Waals surface area contributed by atoms with E-state index >= 15 is 0 Å². The summed E-state index contributed by atoms with van der Waals surface area (Å²) in [6.45, 7) is 4.42. The highest BCUT2D eigenvalue weighted by molar-refractivity contribution is 5.82. The summed E-state index contributed by atoms with van der Waals surface area (Å²) < 4.78 is 17.3. The second kappa shape index (κ2) is 25.1. The number of primary amides is 1. The van der Waals surface area contributed by atoms with Crippen LogP contribution in [0.1, 0.15) is 142 Å². The first kappa shape index (κ1) is 33.8. The van der Waals surface area contributed by atoms with Crippen LogP contribution in [-0.4, -0.2) is 50.6 Å². The van der Waals surface area contributed by atoms with E-state index < -0.39 is 5.91 Å². The maximum atomic E-state index is 12.1. The van der Waals surface area contributed by atoms with Crippen LogP contribution in [0.5, 0.6) is 0 Å². The van der Waals surface area contributed by atoms with E-state index in [1.165, 1.54) is 96.3 Å². The Morgan fingerprint density at radius 1 is 0.811 bits per heavy atom. The number of nitrogens with one attached hydrogen (secondary N) is 1. The first-order valence-electron chi connectivity index (χ1n) is 15.5. The largest absolute Gasteiger partial charge is 0.379 e. The predicted molar refractivity (Wildman–Crippen MR) is 150 cm³/mol. The monoisotopic (exact) mass is 526 g/mol. The van der Waals surface area contributed by atoms with Gasteiger partial charge in [-0.05, 0) is 25.7 Å². The summed E-state index contributed by atoms with van der Waals surface area (Å²) in [6, 6.07) is -0.257. The van der Waals surface area contributed by atoms with Gasteiger partial charge < -0.3 is 25.3 Å². The van der Waals surface area contributed by atoms with Gasteiger partial charge in [0.2, 0.25) is 11.8 Å². The molecule has 2 unspecified atom stereocenters. The van der Waals surface area contributed by atoms with Crippen LogP contribution in [0.4, 0.5) is 0 Å². The Labute approximate surface area is 227 Å². The molecule has 218 valence electrons. The molecule has 1 aliphatic heterocycles. The molecular formula is C30H58N2O5. The van der Waals surface area contributed by atoms with E-state index in [1.54, 1.807) is 0 Å². The zero-order chi connectivity index (χ0) is 26.8. The van der Waals surface area contributed by atoms with Gasteiger partial charge in [0.1, 0.15) is 0 Å². The molecule has 1 aliphatic rings. The maximum absolute atomic E-state index is 12.1. The van der Waals surface area contributed by atoms with Crippen LogP contribution in [0.3, 0.4) is 0 Å². The number of ether oxygens (including phenoxy) is 3. The summed E-state index contributed by atoms with van der Waals surface area (Å²) in [6.07, 6.45) is 24.5. The van der Waals surface area contributed by atoms with Crippen molar-refractivity contribution in [2.24, 2.45) is 5.73 Å². The molecule has 0 aliphatic carbocycles. The molecule has 1 fully saturated rings. The van der Waals surface area contributed by atoms with Crippen molar-refractivity contribution < 1.29 is 23.8 Å². The molecule has 0 aromatic heterocycles. The van der Waals surface area contributed by atoms with E-state index in [1.807, 2.05) is 0 Å². The number of carbonyl (C=O) groups is 2. The van der Waals surface area contributed by atoms with Gasteiger partial charge in [-0.3, -0.25) is 9.59 Å². The van der Waals surface area contributed by atoms with Crippen LogP contribution >= 0.6 is 0 Å². The highest BCUT2D eigenvalue weighted by Crippen LogP contribution is 2.15. The van der Waals surface area contributed by atoms with Gasteiger partial charge in [0.05, 0.1) is 19.3 Å². The average Bonchev–Trinajstić information content (AvgIpc) is 2.90. The zero-order valence-electron chi connectivity index (χ0n) is 24.0. The molecule has 1 saturated heterocycles. The number of hydrogen-bond donors (Lipinski definition) is 2. The van der Waals surface area contributed by atoms with E-state index in [-0.39, 0.29) is 31.1 Å². The summed E-state index contributed by atoms with van der Waals surface area (Å²) >= 11 is 0. The van der Waals surface area contributed by atoms with Gasteiger partial charge in [0, 0.05) is 26.1 Å². The van der Waals surface area contributed by atoms with Crippen molar-refractivity contribution in [3.63, 3.8) is 0 Å². The van der Waals surface area contributed by atoms with Crippen LogP contribution in [0.2, 0.25) is 0 Å². The summed E-state index contributed by atoms with van der Waals surface area (Å²) in [4.78, 5) is 23.1. The van der Waals surface area contributed by atoms with Gasteiger partial charge in [-0.2, -0.15) is 0 Å². The summed E-state index contributed by atoms with van der Waals surface area (Å²) in [7, 11) is 0. The van der Waals surface area contributed by atoms with E-state index in [0.717, 1.165) is 32.3 Å². The minimum Gasteiger partial charge on any atom is -0.379 e. The van der Waals surface area contributed by atoms with Gasteiger partial charge in [0.15, 0.2) is 6.29 Å². The summed E-state index contributed by atoms with van der Waals surface area (Å²) in [5, 5.41) is 2.92. The van der Waals surface area contributed by atoms with Gasteiger partial charge in [-0.1, -0.05) is 103 Å². The smallest absolute Gasteiger partial charge is 0.220 e. The van der Waals surface area contributed by atoms with Crippen LogP contribution in [0.25, 0.3) is 0 Å². The quantitative estimate of drug-likeness (QED) is 0.124. The second-order valence-electron chi connectivity index (χ2n) is 10.7. The lowest BCUT2D eigenvalue weighted by atomic mass is 10.0. The molecule has 37 heavy (non-hydrogen) atoms. The fourth-order valence-electron chi connectivity index (χ4n) is 4.71. The van der Waals surface area contributed by atoms with Crippen molar-refractivity contribution in [1.82, 2.24) is 5.32 Å². The fourth-order valence-corrected chi connectivity index (χ4v) is 4.71. The molecule has 3 N–H and O–H groups in total. The van der Waals surface area contributed by atoms with Crippen molar-refractivity contribution in [3.8, 4) is 0 Å². The van der Waals surface area contributed by atoms with Crippen molar-refractivity contribution >= 4 is 11.8 Å². The fraction of sp³-hybridized carbons (Fsp3) is 0.933. The molecule has 0 aromatic carbocycles. The molecule has 0 bridgehead atoms. The summed E-state index contributed by atoms with van der Waals surface area (Å²) in [5.74, 6) is -0.679. The number of rotatable bonds is 26. The first-order chi connectivity index (χ1) is 18.1. The minimum atomic E-state index is -0.474. The van der Waals surface area contributed by atoms with Gasteiger partial charge in [-0.25, -0.2) is 0 Å². The number of hydrogen-bond acceptors (Lipinski definition) is 5. The van der Waals surface area contributed by atoms with Gasteiger partial charge in [0.25, 0.3) is 0 Å². The first-order valence-corrected chi connectivity index (χ1v) is 15.5. The van der Waals surface area contributed by atoms with E-state index in [4.69, 9.17) is 19.9 Å². The van der Waals surface area contributed by atoms with Gasteiger partial charge in [-0.15, -0.1) is 0 Å². The Morgan fingerprint density at radius 3 is 1.89 bits per heavy atom. The number of amides is 2. The molecule has 0 saturated carbocycles. The zero-order valence-corrected chi connectivity index (χ0v) is 24.0. The SMILES string of the molecule is CCCCCCCCCCCCCCCCCCOCC(COC1CCCCO1)NC(=O)CCC(N)=O. The third-order valence-electron chi connectivity index (χ3n) is 7.05. The molecule has 7 heteroatoms. The topological polar surface area (TPSA) is 99.9 Å². The Morgan fingerprint density at radius 2 is 1.38 bits per heavy atom. The summed E-state index contributed by atoms with van der Waals surface area (Å²) in [5.41, 5.74) is 5.15. The van der Waals surface area contributed by atoms with E-state index in [9.17, 15) is 9.59 Å². The molecule has 0 radical (unpaired) electrons. The highest BCUT2D eigenvalue weighted by atomic mass is 16.7. The molecular weight excluding hydrogens is 468 g/mol. The van der Waals surface area contributed by atoms with Crippen LogP contribution in [0, 0.1) is 0 Å². The Hall–Kier alpha value is -1.18. The van der Waals surface area contributed by atoms with Crippen molar-refractivity contribution in [2.45, 2.75) is 154 Å². The highest BCUT2D eigenvalue weighted by Gasteiger charge is 2.19. The Bertz CT molecular complexity index is 540. The molecule has 7 nitrogen and oxygen atoms in total. The van der Waals surface area contributed by atoms with Crippen LogP contribution < -0.4 is 11.1 Å². The van der Waals surface area contributed by atoms with Gasteiger partial charge >= 0.3 is 0 Å². The number of nitrogens with two attached hydrogens (primary N) is 1. The molecule has 0 spiro atoms. The molecule has 2 atom stereocenters. The Kier molecular flexibility index (Phi) is 23.0. The van der Waals surface area contributed by atoms with Crippen molar-refractivity contribution in [3.05, 3.63) is 0 Å². The standard InChI is InChI=1S/C30H58N2O5/c1-2-3-4-5-6-7-8-9-10-11-12-13-14-15-16-18-23-35-25-27(32-29(34)22-21-28(31)33)26-37-30-20-17-19-24-36-30/h27,30H,2-26H2,1H3,(H2,31,33)(H,32,34). The Balaban J connectivity index is 1.99. The molecule has 0 aromatic rings. The number of unbranched alkanes of at least 4 members (excludes halogenated alkanes) is 15. The normalized spacial score (nSPS) is 16.5. The molecule has 2 amide bonds. The van der Waals surface area contributed by atoms with Crippen molar-refractivity contribution in [2.75, 3.05) is 26.4 Å². The average molecular weight is 527 g/mol. The molecule has 1 heterocycles. The van der Waals surface area contributed by atoms with E-state index in [2.05, 4.69) is 12.2 Å². The minimum absolute atomic E-state index is 0.0468. The number of carbonyl (C=O) groups excluding carboxylic acids is 2. The second-order valence-corrected chi connectivity index (χ2v) is 10.7. The maximum Gasteiger partial charge on any atom is 0.220 e. The lowest BCUT2D eigenvalue weighted by Gasteiger charge is -2.26. The molecule has 1 rings (SSSR count). The van der Waals surface area contributed by atoms with E-state index in [0.29, 0.717) is 19.8 Å². The van der Waals surface area contributed by atoms with Crippen LogP contribution in [0.15, 0.2) is 0 Å². The van der Waals surface area contributed by atoms with Crippen molar-refractivity contribution in [1.29, 1.82) is 0 Å². The third-order valence-corrected chi connectivity index (χ3v) is 7.05. The lowest BCUT2D eigenvalue weighted by molar-refractivity contribution is -0.168.